The monoisotopic (exact) mass is 293 g/mol. The molecular formula is C16H17ClFNO. The number of aromatic hydroxyl groups is 1. The lowest BCUT2D eigenvalue weighted by atomic mass is 10.1. The molecule has 1 atom stereocenters. The molecule has 0 aliphatic heterocycles. The highest BCUT2D eigenvalue weighted by molar-refractivity contribution is 6.32. The van der Waals surface area contributed by atoms with E-state index in [4.69, 9.17) is 11.6 Å². The first-order valence-electron chi connectivity index (χ1n) is 6.44. The van der Waals surface area contributed by atoms with Crippen LogP contribution in [0.2, 0.25) is 5.02 Å². The van der Waals surface area contributed by atoms with Gasteiger partial charge in [0.15, 0.2) is 0 Å². The van der Waals surface area contributed by atoms with Crippen molar-refractivity contribution >= 4 is 11.6 Å². The number of nitrogens with one attached hydrogen (secondary N) is 1. The predicted octanol–water partition coefficient (Wildman–Crippen LogP) is 4.34. The minimum atomic E-state index is -0.191. The number of phenolic OH excluding ortho intramolecular Hbond substituents is 1. The standard InChI is InChI=1S/C16H17ClFNO/c1-10-3-5-13(8-15(10)18)11(2)19-9-12-4-6-16(20)14(17)7-12/h3-8,11,19-20H,9H2,1-2H3. The van der Waals surface area contributed by atoms with E-state index in [-0.39, 0.29) is 17.6 Å². The van der Waals surface area contributed by atoms with Gasteiger partial charge in [0.2, 0.25) is 0 Å². The van der Waals surface area contributed by atoms with Crippen LogP contribution in [0.4, 0.5) is 4.39 Å². The fourth-order valence-electron chi connectivity index (χ4n) is 1.93. The molecule has 4 heteroatoms. The maximum absolute atomic E-state index is 13.5. The molecule has 2 aromatic carbocycles. The molecule has 0 heterocycles. The largest absolute Gasteiger partial charge is 0.506 e. The molecule has 0 bridgehead atoms. The highest BCUT2D eigenvalue weighted by atomic mass is 35.5. The third-order valence-electron chi connectivity index (χ3n) is 3.32. The summed E-state index contributed by atoms with van der Waals surface area (Å²) >= 11 is 5.86. The van der Waals surface area contributed by atoms with Gasteiger partial charge in [-0.3, -0.25) is 0 Å². The lowest BCUT2D eigenvalue weighted by Gasteiger charge is -2.15. The highest BCUT2D eigenvalue weighted by Gasteiger charge is 2.08. The van der Waals surface area contributed by atoms with Crippen molar-refractivity contribution in [3.8, 4) is 5.75 Å². The van der Waals surface area contributed by atoms with E-state index in [0.717, 1.165) is 11.1 Å². The molecule has 0 spiro atoms. The number of hydrogen-bond acceptors (Lipinski definition) is 2. The van der Waals surface area contributed by atoms with Crippen molar-refractivity contribution in [2.45, 2.75) is 26.4 Å². The molecule has 0 aliphatic carbocycles. The molecule has 0 aliphatic rings. The molecule has 0 saturated carbocycles. The quantitative estimate of drug-likeness (QED) is 0.878. The van der Waals surface area contributed by atoms with Crippen LogP contribution in [0.15, 0.2) is 36.4 Å². The van der Waals surface area contributed by atoms with Gasteiger partial charge in [-0.1, -0.05) is 29.8 Å². The molecule has 0 saturated heterocycles. The van der Waals surface area contributed by atoms with Gasteiger partial charge in [-0.05, 0) is 48.7 Å². The Kier molecular flexibility index (Phi) is 4.63. The normalized spacial score (nSPS) is 12.4. The Morgan fingerprint density at radius 3 is 2.65 bits per heavy atom. The lowest BCUT2D eigenvalue weighted by Crippen LogP contribution is -2.18. The molecule has 1 unspecified atom stereocenters. The molecule has 20 heavy (non-hydrogen) atoms. The smallest absolute Gasteiger partial charge is 0.134 e. The van der Waals surface area contributed by atoms with Crippen molar-refractivity contribution in [3.05, 3.63) is 63.9 Å². The van der Waals surface area contributed by atoms with E-state index in [9.17, 15) is 9.50 Å². The zero-order valence-electron chi connectivity index (χ0n) is 11.5. The summed E-state index contributed by atoms with van der Waals surface area (Å²) in [6.07, 6.45) is 0. The zero-order chi connectivity index (χ0) is 14.7. The van der Waals surface area contributed by atoms with E-state index in [1.807, 2.05) is 13.0 Å². The second-order valence-corrected chi connectivity index (χ2v) is 5.30. The van der Waals surface area contributed by atoms with Crippen LogP contribution in [-0.2, 0) is 6.54 Å². The van der Waals surface area contributed by atoms with Gasteiger partial charge in [0, 0.05) is 12.6 Å². The summed E-state index contributed by atoms with van der Waals surface area (Å²) in [5.74, 6) is -0.118. The molecule has 0 amide bonds. The fraction of sp³-hybridized carbons (Fsp3) is 0.250. The van der Waals surface area contributed by atoms with Gasteiger partial charge in [-0.15, -0.1) is 0 Å². The number of rotatable bonds is 4. The van der Waals surface area contributed by atoms with Crippen molar-refractivity contribution in [1.82, 2.24) is 5.32 Å². The molecule has 0 radical (unpaired) electrons. The van der Waals surface area contributed by atoms with Crippen LogP contribution in [0.25, 0.3) is 0 Å². The average molecular weight is 294 g/mol. The Labute approximate surface area is 123 Å². The van der Waals surface area contributed by atoms with Gasteiger partial charge < -0.3 is 10.4 Å². The van der Waals surface area contributed by atoms with Crippen molar-refractivity contribution in [2.75, 3.05) is 0 Å². The molecule has 2 rings (SSSR count). The number of benzene rings is 2. The number of hydrogen-bond donors (Lipinski definition) is 2. The molecule has 0 fully saturated rings. The molecular weight excluding hydrogens is 277 g/mol. The van der Waals surface area contributed by atoms with E-state index in [1.54, 1.807) is 37.3 Å². The third-order valence-corrected chi connectivity index (χ3v) is 3.62. The fourth-order valence-corrected chi connectivity index (χ4v) is 2.13. The van der Waals surface area contributed by atoms with Crippen LogP contribution in [0.1, 0.15) is 29.7 Å². The van der Waals surface area contributed by atoms with Gasteiger partial charge in [0.25, 0.3) is 0 Å². The van der Waals surface area contributed by atoms with Crippen LogP contribution in [0.3, 0.4) is 0 Å². The first-order chi connectivity index (χ1) is 9.47. The van der Waals surface area contributed by atoms with E-state index >= 15 is 0 Å². The van der Waals surface area contributed by atoms with Crippen molar-refractivity contribution in [2.24, 2.45) is 0 Å². The SMILES string of the molecule is Cc1ccc(C(C)NCc2ccc(O)c(Cl)c2)cc1F. The summed E-state index contributed by atoms with van der Waals surface area (Å²) in [6.45, 7) is 4.32. The van der Waals surface area contributed by atoms with Gasteiger partial charge >= 0.3 is 0 Å². The third kappa shape index (κ3) is 3.50. The summed E-state index contributed by atoms with van der Waals surface area (Å²) in [7, 11) is 0. The van der Waals surface area contributed by atoms with Crippen molar-refractivity contribution in [1.29, 1.82) is 0 Å². The summed E-state index contributed by atoms with van der Waals surface area (Å²) in [5.41, 5.74) is 2.51. The Balaban J connectivity index is 2.02. The van der Waals surface area contributed by atoms with Gasteiger partial charge in [-0.25, -0.2) is 4.39 Å². The maximum Gasteiger partial charge on any atom is 0.134 e. The van der Waals surface area contributed by atoms with E-state index in [0.29, 0.717) is 17.1 Å². The van der Waals surface area contributed by atoms with Gasteiger partial charge in [-0.2, -0.15) is 0 Å². The Morgan fingerprint density at radius 1 is 1.25 bits per heavy atom. The molecule has 106 valence electrons. The molecule has 0 aromatic heterocycles. The van der Waals surface area contributed by atoms with Crippen LogP contribution >= 0.6 is 11.6 Å². The van der Waals surface area contributed by atoms with E-state index < -0.39 is 0 Å². The average Bonchev–Trinajstić information content (AvgIpc) is 2.43. The Hall–Kier alpha value is -1.58. The summed E-state index contributed by atoms with van der Waals surface area (Å²) in [4.78, 5) is 0. The Bertz CT molecular complexity index is 615. The van der Waals surface area contributed by atoms with Crippen LogP contribution in [-0.4, -0.2) is 5.11 Å². The number of phenols is 1. The topological polar surface area (TPSA) is 32.3 Å². The summed E-state index contributed by atoms with van der Waals surface area (Å²) in [6, 6.07) is 10.4. The van der Waals surface area contributed by atoms with E-state index in [1.165, 1.54) is 0 Å². The minimum Gasteiger partial charge on any atom is -0.506 e. The zero-order valence-corrected chi connectivity index (χ0v) is 12.2. The summed E-state index contributed by atoms with van der Waals surface area (Å²) < 4.78 is 13.5. The van der Waals surface area contributed by atoms with Crippen LogP contribution < -0.4 is 5.32 Å². The maximum atomic E-state index is 13.5. The predicted molar refractivity (Wildman–Crippen MR) is 79.5 cm³/mol. The first-order valence-corrected chi connectivity index (χ1v) is 6.82. The molecule has 2 aromatic rings. The molecule has 2 nitrogen and oxygen atoms in total. The minimum absolute atomic E-state index is 0.0256. The Morgan fingerprint density at radius 2 is 2.00 bits per heavy atom. The van der Waals surface area contributed by atoms with Gasteiger partial charge in [0.1, 0.15) is 11.6 Å². The highest BCUT2D eigenvalue weighted by Crippen LogP contribution is 2.24. The lowest BCUT2D eigenvalue weighted by molar-refractivity contribution is 0.475. The number of aryl methyl sites for hydroxylation is 1. The van der Waals surface area contributed by atoms with Crippen LogP contribution in [0.5, 0.6) is 5.75 Å². The number of halogens is 2. The van der Waals surface area contributed by atoms with Crippen molar-refractivity contribution in [3.63, 3.8) is 0 Å². The van der Waals surface area contributed by atoms with E-state index in [2.05, 4.69) is 5.32 Å². The summed E-state index contributed by atoms with van der Waals surface area (Å²) in [5, 5.41) is 13.0. The first kappa shape index (κ1) is 14.8. The second kappa shape index (κ2) is 6.25. The van der Waals surface area contributed by atoms with Crippen molar-refractivity contribution < 1.29 is 9.50 Å². The second-order valence-electron chi connectivity index (χ2n) is 4.90. The molecule has 2 N–H and O–H groups in total. The van der Waals surface area contributed by atoms with Gasteiger partial charge in [0.05, 0.1) is 5.02 Å². The van der Waals surface area contributed by atoms with Crippen LogP contribution in [0, 0.1) is 12.7 Å².